The second-order valence-corrected chi connectivity index (χ2v) is 5.30. The molecule has 9 heteroatoms. The first-order valence-corrected chi connectivity index (χ1v) is 7.11. The molecular weight excluding hydrogens is 369 g/mol. The van der Waals surface area contributed by atoms with Gasteiger partial charge in [0.1, 0.15) is 0 Å². The predicted octanol–water partition coefficient (Wildman–Crippen LogP) is 5.34. The molecule has 0 bridgehead atoms. The van der Waals surface area contributed by atoms with E-state index in [4.69, 9.17) is 0 Å². The van der Waals surface area contributed by atoms with Crippen molar-refractivity contribution in [3.8, 4) is 11.1 Å². The molecule has 0 heterocycles. The zero-order valence-electron chi connectivity index (χ0n) is 12.9. The lowest BCUT2D eigenvalue weighted by atomic mass is 10.0. The monoisotopic (exact) mass is 380 g/mol. The van der Waals surface area contributed by atoms with Crippen LogP contribution in [0.1, 0.15) is 10.4 Å². The predicted molar refractivity (Wildman–Crippen MR) is 78.1 cm³/mol. The zero-order chi connectivity index (χ0) is 19.6. The number of halogens is 7. The molecule has 2 nitrogen and oxygen atoms in total. The lowest BCUT2D eigenvalue weighted by Gasteiger charge is -2.27. The van der Waals surface area contributed by atoms with Gasteiger partial charge >= 0.3 is 24.0 Å². The van der Waals surface area contributed by atoms with Crippen molar-refractivity contribution in [2.45, 2.75) is 18.0 Å². The van der Waals surface area contributed by atoms with Crippen LogP contribution in [0.4, 0.5) is 30.7 Å². The van der Waals surface area contributed by atoms with E-state index in [2.05, 4.69) is 4.74 Å². The Bertz CT molecular complexity index is 753. The molecular formula is C17H11F7O2. The Morgan fingerprint density at radius 2 is 1.27 bits per heavy atom. The van der Waals surface area contributed by atoms with Gasteiger partial charge in [-0.1, -0.05) is 42.5 Å². The highest BCUT2D eigenvalue weighted by Crippen LogP contribution is 2.46. The lowest BCUT2D eigenvalue weighted by molar-refractivity contribution is -0.359. The molecule has 2 rings (SSSR count). The molecule has 0 unspecified atom stereocenters. The third kappa shape index (κ3) is 3.97. The molecule has 0 radical (unpaired) electrons. The molecule has 0 saturated carbocycles. The molecule has 0 aliphatic carbocycles. The molecule has 0 N–H and O–H groups in total. The zero-order valence-corrected chi connectivity index (χ0v) is 12.9. The first kappa shape index (κ1) is 19.7. The lowest BCUT2D eigenvalue weighted by Crippen LogP contribution is -2.54. The fourth-order valence-electron chi connectivity index (χ4n) is 1.97. The van der Waals surface area contributed by atoms with E-state index in [0.717, 1.165) is 5.56 Å². The van der Waals surface area contributed by atoms with E-state index in [0.29, 0.717) is 5.56 Å². The van der Waals surface area contributed by atoms with Gasteiger partial charge in [-0.3, -0.25) is 0 Å². The van der Waals surface area contributed by atoms with Gasteiger partial charge in [-0.2, -0.15) is 30.7 Å². The average molecular weight is 380 g/mol. The van der Waals surface area contributed by atoms with E-state index < -0.39 is 30.6 Å². The summed E-state index contributed by atoms with van der Waals surface area (Å²) in [5, 5.41) is 0. The van der Waals surface area contributed by atoms with Crippen LogP contribution in [0.25, 0.3) is 11.1 Å². The van der Waals surface area contributed by atoms with Crippen molar-refractivity contribution in [2.24, 2.45) is 0 Å². The van der Waals surface area contributed by atoms with Gasteiger partial charge in [-0.25, -0.2) is 4.79 Å². The Morgan fingerprint density at radius 1 is 0.769 bits per heavy atom. The summed E-state index contributed by atoms with van der Waals surface area (Å²) in [5.41, 5.74) is 1.20. The summed E-state index contributed by atoms with van der Waals surface area (Å²) in [4.78, 5) is 11.6. The first-order valence-electron chi connectivity index (χ1n) is 7.11. The maximum Gasteiger partial charge on any atom is 0.460 e. The third-order valence-corrected chi connectivity index (χ3v) is 3.43. The van der Waals surface area contributed by atoms with E-state index >= 15 is 0 Å². The van der Waals surface area contributed by atoms with Crippen molar-refractivity contribution >= 4 is 5.97 Å². The van der Waals surface area contributed by atoms with Crippen molar-refractivity contribution in [1.29, 1.82) is 0 Å². The van der Waals surface area contributed by atoms with Crippen molar-refractivity contribution in [3.63, 3.8) is 0 Å². The van der Waals surface area contributed by atoms with Crippen LogP contribution >= 0.6 is 0 Å². The molecule has 2 aromatic rings. The van der Waals surface area contributed by atoms with Gasteiger partial charge in [-0.15, -0.1) is 0 Å². The fraction of sp³-hybridized carbons (Fsp3) is 0.235. The van der Waals surface area contributed by atoms with Crippen LogP contribution < -0.4 is 0 Å². The molecule has 2 aromatic carbocycles. The summed E-state index contributed by atoms with van der Waals surface area (Å²) in [6, 6.07) is 14.1. The van der Waals surface area contributed by atoms with E-state index in [1.54, 1.807) is 30.3 Å². The quantitative estimate of drug-likeness (QED) is 0.517. The number of carbonyl (C=O) groups is 1. The van der Waals surface area contributed by atoms with E-state index in [9.17, 15) is 35.5 Å². The third-order valence-electron chi connectivity index (χ3n) is 3.43. The molecule has 0 aliphatic rings. The number of alkyl halides is 7. The van der Waals surface area contributed by atoms with Crippen LogP contribution in [0, 0.1) is 0 Å². The minimum Gasteiger partial charge on any atom is -0.455 e. The summed E-state index contributed by atoms with van der Waals surface area (Å²) in [7, 11) is 0. The molecule has 0 spiro atoms. The second-order valence-electron chi connectivity index (χ2n) is 5.30. The van der Waals surface area contributed by atoms with Crippen molar-refractivity contribution in [1.82, 2.24) is 0 Å². The normalized spacial score (nSPS) is 12.7. The summed E-state index contributed by atoms with van der Waals surface area (Å²) >= 11 is 0. The first-order chi connectivity index (χ1) is 12.0. The second kappa shape index (κ2) is 6.97. The van der Waals surface area contributed by atoms with Crippen LogP contribution in [0.15, 0.2) is 54.6 Å². The van der Waals surface area contributed by atoms with Crippen LogP contribution in [0.3, 0.4) is 0 Å². The Hall–Kier alpha value is -2.58. The molecule has 0 fully saturated rings. The smallest absolute Gasteiger partial charge is 0.455 e. The van der Waals surface area contributed by atoms with Crippen molar-refractivity contribution in [2.75, 3.05) is 6.61 Å². The summed E-state index contributed by atoms with van der Waals surface area (Å²) in [6.07, 6.45) is -6.47. The number of benzene rings is 2. The summed E-state index contributed by atoms with van der Waals surface area (Å²) in [5.74, 6) is -13.4. The van der Waals surface area contributed by atoms with Gasteiger partial charge in [-0.05, 0) is 23.3 Å². The van der Waals surface area contributed by atoms with E-state index in [1.807, 2.05) is 0 Å². The van der Waals surface area contributed by atoms with E-state index in [-0.39, 0.29) is 5.56 Å². The molecule has 0 aromatic heterocycles. The number of rotatable bonds is 5. The highest BCUT2D eigenvalue weighted by atomic mass is 19.4. The van der Waals surface area contributed by atoms with Gasteiger partial charge in [0, 0.05) is 0 Å². The fourth-order valence-corrected chi connectivity index (χ4v) is 1.97. The topological polar surface area (TPSA) is 26.3 Å². The van der Waals surface area contributed by atoms with Crippen LogP contribution in [-0.2, 0) is 4.74 Å². The molecule has 0 atom stereocenters. The number of carbonyl (C=O) groups excluding carboxylic acids is 1. The Morgan fingerprint density at radius 3 is 1.77 bits per heavy atom. The number of hydrogen-bond donors (Lipinski definition) is 0. The minimum atomic E-state index is -6.47. The minimum absolute atomic E-state index is 0.268. The molecule has 26 heavy (non-hydrogen) atoms. The van der Waals surface area contributed by atoms with Gasteiger partial charge in [0.15, 0.2) is 6.61 Å². The number of esters is 1. The van der Waals surface area contributed by atoms with Gasteiger partial charge in [0.25, 0.3) is 0 Å². The standard InChI is InChI=1S/C17H11F7O2/c18-15(19,16(20,21)17(22,23)24)10-26-14(25)13-8-6-12(7-9-13)11-4-2-1-3-5-11/h1-9H,10H2. The van der Waals surface area contributed by atoms with Gasteiger partial charge < -0.3 is 4.74 Å². The largest absolute Gasteiger partial charge is 0.460 e. The molecule has 140 valence electrons. The van der Waals surface area contributed by atoms with Crippen LogP contribution in [-0.4, -0.2) is 30.6 Å². The maximum atomic E-state index is 13.1. The highest BCUT2D eigenvalue weighted by molar-refractivity contribution is 5.90. The van der Waals surface area contributed by atoms with Crippen LogP contribution in [0.5, 0.6) is 0 Å². The Labute approximate surface area is 143 Å². The molecule has 0 amide bonds. The van der Waals surface area contributed by atoms with E-state index in [1.165, 1.54) is 24.3 Å². The van der Waals surface area contributed by atoms with Gasteiger partial charge in [0.05, 0.1) is 5.56 Å². The van der Waals surface area contributed by atoms with Crippen molar-refractivity contribution in [3.05, 3.63) is 60.2 Å². The maximum absolute atomic E-state index is 13.1. The van der Waals surface area contributed by atoms with Gasteiger partial charge in [0.2, 0.25) is 0 Å². The number of hydrogen-bond acceptors (Lipinski definition) is 2. The Kier molecular flexibility index (Phi) is 5.29. The molecule has 0 saturated heterocycles. The molecule has 0 aliphatic heterocycles. The summed E-state index contributed by atoms with van der Waals surface area (Å²) in [6.45, 7) is -2.40. The van der Waals surface area contributed by atoms with Crippen LogP contribution in [0.2, 0.25) is 0 Å². The SMILES string of the molecule is O=C(OCC(F)(F)C(F)(F)C(F)(F)F)c1ccc(-c2ccccc2)cc1. The average Bonchev–Trinajstić information content (AvgIpc) is 2.59. The highest BCUT2D eigenvalue weighted by Gasteiger charge is 2.73. The number of ether oxygens (including phenoxy) is 1. The Balaban J connectivity index is 2.06. The van der Waals surface area contributed by atoms with Crippen molar-refractivity contribution < 1.29 is 40.3 Å². The summed E-state index contributed by atoms with van der Waals surface area (Å²) < 4.78 is 91.7.